The van der Waals surface area contributed by atoms with Gasteiger partial charge >= 0.3 is 5.97 Å². The van der Waals surface area contributed by atoms with Crippen molar-refractivity contribution in [1.29, 1.82) is 0 Å². The number of guanidine groups is 1. The number of nitrogens with one attached hydrogen (secondary N) is 2. The molecule has 2 unspecified atom stereocenters. The van der Waals surface area contributed by atoms with E-state index in [1.165, 1.54) is 11.3 Å². The zero-order chi connectivity index (χ0) is 22.1. The molecule has 1 aliphatic heterocycles. The predicted molar refractivity (Wildman–Crippen MR) is 139 cm³/mol. The third kappa shape index (κ3) is 8.47. The molecule has 1 aromatic heterocycles. The number of aliphatic imine (C=N–C) groups is 1. The van der Waals surface area contributed by atoms with Crippen LogP contribution in [-0.2, 0) is 4.74 Å². The highest BCUT2D eigenvalue weighted by Gasteiger charge is 2.22. The van der Waals surface area contributed by atoms with E-state index in [9.17, 15) is 4.79 Å². The molecule has 2 rings (SSSR count). The molecule has 0 amide bonds. The van der Waals surface area contributed by atoms with Gasteiger partial charge in [0, 0.05) is 38.8 Å². The summed E-state index contributed by atoms with van der Waals surface area (Å²) in [5, 5.41) is 7.60. The minimum atomic E-state index is -0.302. The van der Waals surface area contributed by atoms with Crippen LogP contribution in [0.1, 0.15) is 61.0 Å². The van der Waals surface area contributed by atoms with Crippen molar-refractivity contribution in [2.75, 3.05) is 52.4 Å². The van der Waals surface area contributed by atoms with Crippen LogP contribution in [0.5, 0.6) is 0 Å². The lowest BCUT2D eigenvalue weighted by Gasteiger charge is -2.37. The maximum absolute atomic E-state index is 12.1. The SMILES string of the molecule is CCNC(=NCC(C)N1CCN(CC)CC1)NC(C)c1nc(C)c(C(=O)OCC)s1.I. The number of esters is 1. The number of aryl methyl sites for hydroxylation is 1. The van der Waals surface area contributed by atoms with Crippen molar-refractivity contribution in [2.45, 2.75) is 53.6 Å². The molecule has 0 spiro atoms. The summed E-state index contributed by atoms with van der Waals surface area (Å²) in [4.78, 5) is 27.0. The summed E-state index contributed by atoms with van der Waals surface area (Å²) in [6.45, 7) is 19.7. The largest absolute Gasteiger partial charge is 0.462 e. The summed E-state index contributed by atoms with van der Waals surface area (Å²) in [7, 11) is 0. The van der Waals surface area contributed by atoms with Gasteiger partial charge in [0.25, 0.3) is 0 Å². The van der Waals surface area contributed by atoms with Crippen LogP contribution in [0.2, 0.25) is 0 Å². The van der Waals surface area contributed by atoms with Crippen molar-refractivity contribution in [1.82, 2.24) is 25.4 Å². The van der Waals surface area contributed by atoms with Gasteiger partial charge in [0.15, 0.2) is 5.96 Å². The molecule has 10 heteroatoms. The lowest BCUT2D eigenvalue weighted by atomic mass is 10.2. The highest BCUT2D eigenvalue weighted by atomic mass is 127. The van der Waals surface area contributed by atoms with E-state index in [0.717, 1.165) is 56.8 Å². The maximum atomic E-state index is 12.1. The molecule has 1 fully saturated rings. The fourth-order valence-electron chi connectivity index (χ4n) is 3.43. The van der Waals surface area contributed by atoms with Crippen LogP contribution in [0.3, 0.4) is 0 Å². The van der Waals surface area contributed by atoms with Crippen molar-refractivity contribution < 1.29 is 9.53 Å². The van der Waals surface area contributed by atoms with Crippen molar-refractivity contribution in [3.63, 3.8) is 0 Å². The van der Waals surface area contributed by atoms with Gasteiger partial charge in [0.05, 0.1) is 24.9 Å². The Morgan fingerprint density at radius 1 is 1.23 bits per heavy atom. The van der Waals surface area contributed by atoms with E-state index in [1.54, 1.807) is 0 Å². The van der Waals surface area contributed by atoms with Gasteiger partial charge in [-0.25, -0.2) is 9.78 Å². The van der Waals surface area contributed by atoms with E-state index in [2.05, 4.69) is 46.2 Å². The molecule has 0 aliphatic carbocycles. The first-order valence-corrected chi connectivity index (χ1v) is 11.9. The minimum absolute atomic E-state index is 0. The normalized spacial score (nSPS) is 17.5. The third-order valence-electron chi connectivity index (χ3n) is 5.33. The van der Waals surface area contributed by atoms with Gasteiger partial charge < -0.3 is 20.3 Å². The Hall–Kier alpha value is -0.980. The van der Waals surface area contributed by atoms with E-state index in [-0.39, 0.29) is 36.0 Å². The lowest BCUT2D eigenvalue weighted by Crippen LogP contribution is -2.50. The second-order valence-electron chi connectivity index (χ2n) is 7.59. The van der Waals surface area contributed by atoms with Crippen LogP contribution in [0.4, 0.5) is 0 Å². The fourth-order valence-corrected chi connectivity index (χ4v) is 4.40. The molecule has 1 aromatic rings. The summed E-state index contributed by atoms with van der Waals surface area (Å²) in [5.74, 6) is 0.470. The van der Waals surface area contributed by atoms with Gasteiger partial charge in [0.1, 0.15) is 9.88 Å². The molecule has 2 atom stereocenters. The molecular weight excluding hydrogens is 527 g/mol. The van der Waals surface area contributed by atoms with E-state index in [1.807, 2.05) is 20.8 Å². The number of rotatable bonds is 9. The molecule has 0 saturated carbocycles. The number of thiazole rings is 1. The molecular formula is C21H39IN6O2S. The Morgan fingerprint density at radius 2 is 1.90 bits per heavy atom. The van der Waals surface area contributed by atoms with Crippen molar-refractivity contribution in [2.24, 2.45) is 4.99 Å². The van der Waals surface area contributed by atoms with Gasteiger partial charge in [-0.1, -0.05) is 6.92 Å². The Labute approximate surface area is 208 Å². The molecule has 0 bridgehead atoms. The highest BCUT2D eigenvalue weighted by molar-refractivity contribution is 14.0. The lowest BCUT2D eigenvalue weighted by molar-refractivity contribution is 0.0531. The quantitative estimate of drug-likeness (QED) is 0.206. The Morgan fingerprint density at radius 3 is 2.48 bits per heavy atom. The van der Waals surface area contributed by atoms with Gasteiger partial charge in [-0.2, -0.15) is 0 Å². The summed E-state index contributed by atoms with van der Waals surface area (Å²) < 4.78 is 5.13. The minimum Gasteiger partial charge on any atom is -0.462 e. The number of ether oxygens (including phenoxy) is 1. The Bertz CT molecular complexity index is 706. The average molecular weight is 567 g/mol. The van der Waals surface area contributed by atoms with Gasteiger partial charge in [-0.15, -0.1) is 35.3 Å². The molecule has 8 nitrogen and oxygen atoms in total. The van der Waals surface area contributed by atoms with Crippen LogP contribution >= 0.6 is 35.3 Å². The first kappa shape index (κ1) is 28.1. The summed E-state index contributed by atoms with van der Waals surface area (Å²) in [5.41, 5.74) is 0.712. The molecule has 2 N–H and O–H groups in total. The molecule has 1 aliphatic rings. The number of nitrogens with zero attached hydrogens (tertiary/aromatic N) is 4. The zero-order valence-corrected chi connectivity index (χ0v) is 22.9. The third-order valence-corrected chi connectivity index (χ3v) is 6.65. The predicted octanol–water partition coefficient (Wildman–Crippen LogP) is 2.89. The topological polar surface area (TPSA) is 82.1 Å². The van der Waals surface area contributed by atoms with Gasteiger partial charge in [-0.3, -0.25) is 9.89 Å². The molecule has 31 heavy (non-hydrogen) atoms. The molecule has 0 aromatic carbocycles. The average Bonchev–Trinajstić information content (AvgIpc) is 3.14. The highest BCUT2D eigenvalue weighted by Crippen LogP contribution is 2.24. The maximum Gasteiger partial charge on any atom is 0.350 e. The second kappa shape index (κ2) is 14.2. The summed E-state index contributed by atoms with van der Waals surface area (Å²) in [6, 6.07) is 0.338. The van der Waals surface area contributed by atoms with Crippen molar-refractivity contribution in [3.8, 4) is 0 Å². The number of halogens is 1. The molecule has 178 valence electrons. The Balaban J connectivity index is 0.00000480. The van der Waals surface area contributed by atoms with E-state index in [4.69, 9.17) is 9.73 Å². The Kier molecular flexibility index (Phi) is 12.9. The summed E-state index contributed by atoms with van der Waals surface area (Å²) >= 11 is 1.38. The number of hydrogen-bond acceptors (Lipinski definition) is 7. The number of piperazine rings is 1. The molecule has 1 saturated heterocycles. The van der Waals surface area contributed by atoms with Gasteiger partial charge in [0.2, 0.25) is 0 Å². The van der Waals surface area contributed by atoms with Crippen LogP contribution < -0.4 is 10.6 Å². The number of aromatic nitrogens is 1. The van der Waals surface area contributed by atoms with Gasteiger partial charge in [-0.05, 0) is 41.2 Å². The van der Waals surface area contributed by atoms with Crippen LogP contribution in [0, 0.1) is 6.92 Å². The standard InChI is InChI=1S/C21H38N6O2S.HI/c1-7-22-21(23-14-15(4)27-12-10-26(8-2)11-13-27)25-17(6)19-24-16(5)18(30-19)20(28)29-9-3;/h15,17H,7-14H2,1-6H3,(H2,22,23,25);1H. The van der Waals surface area contributed by atoms with Crippen LogP contribution in [0.25, 0.3) is 0 Å². The number of likely N-dealkylation sites (N-methyl/N-ethyl adjacent to an activating group) is 1. The zero-order valence-electron chi connectivity index (χ0n) is 19.7. The van der Waals surface area contributed by atoms with Crippen LogP contribution in [-0.4, -0.2) is 85.2 Å². The van der Waals surface area contributed by atoms with Crippen molar-refractivity contribution >= 4 is 47.2 Å². The first-order chi connectivity index (χ1) is 14.4. The molecule has 0 radical (unpaired) electrons. The van der Waals surface area contributed by atoms with E-state index < -0.39 is 0 Å². The second-order valence-corrected chi connectivity index (χ2v) is 8.62. The van der Waals surface area contributed by atoms with E-state index in [0.29, 0.717) is 23.2 Å². The first-order valence-electron chi connectivity index (χ1n) is 11.0. The fraction of sp³-hybridized carbons (Fsp3) is 0.762. The number of hydrogen-bond donors (Lipinski definition) is 2. The monoisotopic (exact) mass is 566 g/mol. The van der Waals surface area contributed by atoms with E-state index >= 15 is 0 Å². The number of carbonyl (C=O) groups is 1. The van der Waals surface area contributed by atoms with Crippen LogP contribution in [0.15, 0.2) is 4.99 Å². The van der Waals surface area contributed by atoms with Crippen molar-refractivity contribution in [3.05, 3.63) is 15.6 Å². The summed E-state index contributed by atoms with van der Waals surface area (Å²) in [6.07, 6.45) is 0. The number of carbonyl (C=O) groups excluding carboxylic acids is 1. The molecule has 2 heterocycles. The smallest absolute Gasteiger partial charge is 0.350 e.